The summed E-state index contributed by atoms with van der Waals surface area (Å²) in [6.07, 6.45) is 1.90. The van der Waals surface area contributed by atoms with Gasteiger partial charge in [0.05, 0.1) is 43.7 Å². The third-order valence-corrected chi connectivity index (χ3v) is 8.99. The molecule has 1 saturated carbocycles. The predicted octanol–water partition coefficient (Wildman–Crippen LogP) is 5.67. The van der Waals surface area contributed by atoms with Gasteiger partial charge < -0.3 is 19.5 Å². The number of rotatable bonds is 9. The molecule has 0 saturated heterocycles. The molecule has 9 nitrogen and oxygen atoms in total. The fourth-order valence-electron chi connectivity index (χ4n) is 5.17. The van der Waals surface area contributed by atoms with E-state index in [0.29, 0.717) is 33.8 Å². The van der Waals surface area contributed by atoms with Crippen LogP contribution in [0.1, 0.15) is 29.2 Å². The molecule has 3 aromatic carbocycles. The number of ether oxygens (including phenoxy) is 3. The van der Waals surface area contributed by atoms with Crippen LogP contribution in [0.3, 0.4) is 0 Å². The maximum absolute atomic E-state index is 13.9. The summed E-state index contributed by atoms with van der Waals surface area (Å²) in [7, 11) is 4.80. The lowest BCUT2D eigenvalue weighted by Gasteiger charge is -2.23. The van der Waals surface area contributed by atoms with Crippen LogP contribution in [0.25, 0.3) is 16.9 Å². The van der Waals surface area contributed by atoms with Crippen LogP contribution in [-0.2, 0) is 9.59 Å². The van der Waals surface area contributed by atoms with E-state index in [0.717, 1.165) is 35.2 Å². The van der Waals surface area contributed by atoms with Crippen molar-refractivity contribution in [3.05, 3.63) is 82.9 Å². The molecular formula is C32H31ClN4O5S. The molecule has 1 fully saturated rings. The average molecular weight is 619 g/mol. The number of thioether (sulfide) groups is 1. The van der Waals surface area contributed by atoms with E-state index in [9.17, 15) is 9.59 Å². The molecule has 6 rings (SSSR count). The van der Waals surface area contributed by atoms with E-state index < -0.39 is 0 Å². The topological polar surface area (TPSA) is 94.9 Å². The number of nitrogens with one attached hydrogen (secondary N) is 1. The van der Waals surface area contributed by atoms with Crippen molar-refractivity contribution in [2.45, 2.75) is 24.1 Å². The molecule has 0 radical (unpaired) electrons. The minimum atomic E-state index is -0.326. The van der Waals surface area contributed by atoms with Gasteiger partial charge in [-0.2, -0.15) is 5.10 Å². The molecule has 1 aliphatic carbocycles. The summed E-state index contributed by atoms with van der Waals surface area (Å²) in [4.78, 5) is 28.6. The number of methoxy groups -OCH3 is 3. The highest BCUT2D eigenvalue weighted by atomic mass is 35.5. The van der Waals surface area contributed by atoms with Gasteiger partial charge in [0.2, 0.25) is 11.8 Å². The van der Waals surface area contributed by atoms with Gasteiger partial charge >= 0.3 is 0 Å². The molecular weight excluding hydrogens is 588 g/mol. The molecule has 1 atom stereocenters. The highest BCUT2D eigenvalue weighted by Crippen LogP contribution is 2.49. The van der Waals surface area contributed by atoms with E-state index in [-0.39, 0.29) is 35.4 Å². The molecule has 222 valence electrons. The van der Waals surface area contributed by atoms with Crippen molar-refractivity contribution in [3.8, 4) is 34.2 Å². The van der Waals surface area contributed by atoms with Gasteiger partial charge in [-0.15, -0.1) is 11.8 Å². The zero-order valence-corrected chi connectivity index (χ0v) is 25.6. The first-order chi connectivity index (χ1) is 20.9. The summed E-state index contributed by atoms with van der Waals surface area (Å²) in [6.45, 7) is -0.122. The molecule has 2 heterocycles. The van der Waals surface area contributed by atoms with Crippen molar-refractivity contribution in [1.29, 1.82) is 0 Å². The maximum Gasteiger partial charge on any atom is 0.240 e. The third kappa shape index (κ3) is 5.89. The van der Waals surface area contributed by atoms with E-state index >= 15 is 0 Å². The number of fused-ring (bicyclic) bond motifs is 1. The lowest BCUT2D eigenvalue weighted by molar-refractivity contribution is -0.123. The van der Waals surface area contributed by atoms with Gasteiger partial charge in [0.15, 0.2) is 11.5 Å². The molecule has 0 bridgehead atoms. The van der Waals surface area contributed by atoms with Crippen molar-refractivity contribution >= 4 is 41.0 Å². The van der Waals surface area contributed by atoms with Crippen LogP contribution in [0.4, 0.5) is 5.82 Å². The van der Waals surface area contributed by atoms with Crippen LogP contribution in [0.15, 0.2) is 66.7 Å². The zero-order valence-electron chi connectivity index (χ0n) is 24.0. The van der Waals surface area contributed by atoms with E-state index in [1.165, 1.54) is 11.8 Å². The molecule has 2 aliphatic rings. The lowest BCUT2D eigenvalue weighted by Crippen LogP contribution is -2.43. The molecule has 0 spiro atoms. The number of anilines is 1. The van der Waals surface area contributed by atoms with Crippen LogP contribution in [0.5, 0.6) is 17.2 Å². The largest absolute Gasteiger partial charge is 0.497 e. The van der Waals surface area contributed by atoms with E-state index in [2.05, 4.69) is 5.32 Å². The summed E-state index contributed by atoms with van der Waals surface area (Å²) < 4.78 is 18.3. The fraction of sp³-hybridized carbons (Fsp3) is 0.281. The first kappa shape index (κ1) is 28.9. The molecule has 1 aromatic heterocycles. The highest BCUT2D eigenvalue weighted by molar-refractivity contribution is 8.00. The first-order valence-corrected chi connectivity index (χ1v) is 15.3. The number of halogens is 1. The van der Waals surface area contributed by atoms with Gasteiger partial charge in [0.25, 0.3) is 0 Å². The van der Waals surface area contributed by atoms with Crippen LogP contribution < -0.4 is 24.4 Å². The summed E-state index contributed by atoms with van der Waals surface area (Å²) >= 11 is 7.75. The van der Waals surface area contributed by atoms with E-state index in [1.54, 1.807) is 30.9 Å². The van der Waals surface area contributed by atoms with Crippen molar-refractivity contribution in [1.82, 2.24) is 15.1 Å². The molecule has 2 amide bonds. The normalized spacial score (nSPS) is 16.3. The first-order valence-electron chi connectivity index (χ1n) is 13.9. The summed E-state index contributed by atoms with van der Waals surface area (Å²) in [5.74, 6) is 2.18. The average Bonchev–Trinajstić information content (AvgIpc) is 3.79. The minimum absolute atomic E-state index is 0.122. The highest BCUT2D eigenvalue weighted by Gasteiger charge is 2.38. The van der Waals surface area contributed by atoms with Gasteiger partial charge in [-0.25, -0.2) is 4.68 Å². The monoisotopic (exact) mass is 618 g/mol. The van der Waals surface area contributed by atoms with Crippen LogP contribution >= 0.6 is 23.4 Å². The lowest BCUT2D eigenvalue weighted by atomic mass is 9.99. The SMILES string of the molecule is COc1ccc(-n2nc(-c3ccc(Cl)cc3)c3c2N(CC(=O)NC2CC2)C(=O)CS[C@H]3c2ccc(OC)c(OC)c2)cc1. The Kier molecular flexibility index (Phi) is 8.23. The summed E-state index contributed by atoms with van der Waals surface area (Å²) in [5, 5.41) is 8.42. The molecule has 11 heteroatoms. The van der Waals surface area contributed by atoms with E-state index in [1.807, 2.05) is 66.7 Å². The summed E-state index contributed by atoms with van der Waals surface area (Å²) in [6, 6.07) is 20.8. The van der Waals surface area contributed by atoms with Gasteiger partial charge in [-0.3, -0.25) is 14.5 Å². The van der Waals surface area contributed by atoms with E-state index in [4.69, 9.17) is 30.9 Å². The second-order valence-corrected chi connectivity index (χ2v) is 11.9. The Labute approximate surface area is 259 Å². The maximum atomic E-state index is 13.9. The van der Waals surface area contributed by atoms with Crippen molar-refractivity contribution in [3.63, 3.8) is 0 Å². The number of hydrogen-bond donors (Lipinski definition) is 1. The van der Waals surface area contributed by atoms with Crippen molar-refractivity contribution in [2.75, 3.05) is 38.5 Å². The number of carbonyl (C=O) groups excluding carboxylic acids is 2. The number of benzene rings is 3. The molecule has 43 heavy (non-hydrogen) atoms. The number of hydrogen-bond acceptors (Lipinski definition) is 7. The van der Waals surface area contributed by atoms with Gasteiger partial charge in [0, 0.05) is 22.2 Å². The van der Waals surface area contributed by atoms with Gasteiger partial charge in [-0.05, 0) is 66.9 Å². The Hall–Kier alpha value is -4.15. The zero-order chi connectivity index (χ0) is 30.1. The Morgan fingerprint density at radius 3 is 2.35 bits per heavy atom. The Morgan fingerprint density at radius 1 is 0.977 bits per heavy atom. The number of amides is 2. The second-order valence-electron chi connectivity index (χ2n) is 10.3. The molecule has 1 aliphatic heterocycles. The summed E-state index contributed by atoms with van der Waals surface area (Å²) in [5.41, 5.74) is 3.94. The quantitative estimate of drug-likeness (QED) is 0.258. The second kappa shape index (κ2) is 12.2. The minimum Gasteiger partial charge on any atom is -0.497 e. The third-order valence-electron chi connectivity index (χ3n) is 7.48. The predicted molar refractivity (Wildman–Crippen MR) is 168 cm³/mol. The molecule has 1 N–H and O–H groups in total. The van der Waals surface area contributed by atoms with Gasteiger partial charge in [-0.1, -0.05) is 29.8 Å². The van der Waals surface area contributed by atoms with Gasteiger partial charge in [0.1, 0.15) is 18.1 Å². The van der Waals surface area contributed by atoms with Crippen molar-refractivity contribution < 1.29 is 23.8 Å². The van der Waals surface area contributed by atoms with Crippen LogP contribution in [0.2, 0.25) is 5.02 Å². The fourth-order valence-corrected chi connectivity index (χ4v) is 6.48. The number of nitrogens with zero attached hydrogens (tertiary/aromatic N) is 3. The van der Waals surface area contributed by atoms with Crippen LogP contribution in [-0.4, -0.2) is 61.3 Å². The Balaban J connectivity index is 1.60. The number of carbonyl (C=O) groups is 2. The Bertz CT molecular complexity index is 1650. The smallest absolute Gasteiger partial charge is 0.240 e. The molecule has 4 aromatic rings. The Morgan fingerprint density at radius 2 is 1.70 bits per heavy atom. The van der Waals surface area contributed by atoms with Crippen molar-refractivity contribution in [2.24, 2.45) is 0 Å². The molecule has 0 unspecified atom stereocenters. The van der Waals surface area contributed by atoms with Crippen LogP contribution in [0, 0.1) is 0 Å². The standard InChI is InChI=1S/C32H31ClN4O5S/c1-40-24-13-11-23(12-14-24)37-32-29(30(35-37)19-4-7-21(33)8-5-19)31(20-6-15-25(41-2)26(16-20)42-3)43-18-28(39)36(32)17-27(38)34-22-9-10-22/h4-8,11-16,22,31H,9-10,17-18H2,1-3H3,(H,34,38)/t31-/m0/s1. The number of aromatic nitrogens is 2.